The smallest absolute Gasteiger partial charge is 0.122 e. The molecule has 1 heteroatoms. The largest absolute Gasteiger partial charge is 0.507 e. The highest BCUT2D eigenvalue weighted by Gasteiger charge is 2.23. The van der Waals surface area contributed by atoms with Crippen LogP contribution in [0.25, 0.3) is 0 Å². The third kappa shape index (κ3) is 3.26. The van der Waals surface area contributed by atoms with Crippen LogP contribution in [0.15, 0.2) is 18.2 Å². The maximum atomic E-state index is 10.0. The zero-order valence-corrected chi connectivity index (χ0v) is 11.0. The van der Waals surface area contributed by atoms with Gasteiger partial charge in [-0.05, 0) is 42.2 Å². The summed E-state index contributed by atoms with van der Waals surface area (Å²) in [6, 6.07) is 6.14. The first-order chi connectivity index (χ1) is 7.68. The molecule has 0 saturated heterocycles. The molecular weight excluding hydrogens is 196 g/mol. The first-order valence-corrected chi connectivity index (χ1v) is 6.49. The summed E-state index contributed by atoms with van der Waals surface area (Å²) in [7, 11) is 0. The second-order valence-electron chi connectivity index (χ2n) is 4.66. The first-order valence-electron chi connectivity index (χ1n) is 6.49. The van der Waals surface area contributed by atoms with E-state index >= 15 is 0 Å². The summed E-state index contributed by atoms with van der Waals surface area (Å²) in [5.41, 5.74) is 2.22. The van der Waals surface area contributed by atoms with Crippen LogP contribution in [0.5, 0.6) is 5.75 Å². The van der Waals surface area contributed by atoms with Crippen LogP contribution in [0.3, 0.4) is 0 Å². The normalized spacial score (nSPS) is 14.6. The average Bonchev–Trinajstić information content (AvgIpc) is 3.07. The number of para-hydroxylation sites is 1. The summed E-state index contributed by atoms with van der Waals surface area (Å²) in [6.45, 7) is 8.24. The van der Waals surface area contributed by atoms with Crippen LogP contribution >= 0.6 is 0 Å². The molecule has 0 aromatic heterocycles. The minimum absolute atomic E-state index is 0.411. The molecule has 0 heterocycles. The van der Waals surface area contributed by atoms with Gasteiger partial charge in [0.25, 0.3) is 0 Å². The van der Waals surface area contributed by atoms with E-state index in [0.717, 1.165) is 23.5 Å². The minimum Gasteiger partial charge on any atom is -0.507 e. The van der Waals surface area contributed by atoms with Crippen LogP contribution in [-0.4, -0.2) is 5.11 Å². The molecule has 0 bridgehead atoms. The Labute approximate surface area is 99.5 Å². The molecular formula is C15H24O. The molecule has 1 fully saturated rings. The molecule has 0 spiro atoms. The van der Waals surface area contributed by atoms with Gasteiger partial charge in [-0.3, -0.25) is 0 Å². The summed E-state index contributed by atoms with van der Waals surface area (Å²) in [6.07, 6.45) is 3.74. The van der Waals surface area contributed by atoms with Gasteiger partial charge in [-0.15, -0.1) is 0 Å². The van der Waals surface area contributed by atoms with E-state index < -0.39 is 0 Å². The third-order valence-electron chi connectivity index (χ3n) is 2.98. The van der Waals surface area contributed by atoms with Gasteiger partial charge < -0.3 is 5.11 Å². The van der Waals surface area contributed by atoms with E-state index in [1.54, 1.807) is 0 Å². The Hall–Kier alpha value is -0.980. The highest BCUT2D eigenvalue weighted by atomic mass is 16.3. The monoisotopic (exact) mass is 220 g/mol. The lowest BCUT2D eigenvalue weighted by molar-refractivity contribution is 0.456. The van der Waals surface area contributed by atoms with Gasteiger partial charge in [0.05, 0.1) is 0 Å². The highest BCUT2D eigenvalue weighted by Crippen LogP contribution is 2.37. The maximum Gasteiger partial charge on any atom is 0.122 e. The predicted molar refractivity (Wildman–Crippen MR) is 70.0 cm³/mol. The SMILES string of the molecule is CC.CC(C)c1cccc(CC2CC2)c1O. The Balaban J connectivity index is 0.000000606. The third-order valence-corrected chi connectivity index (χ3v) is 2.98. The molecule has 1 aliphatic rings. The molecule has 0 radical (unpaired) electrons. The lowest BCUT2D eigenvalue weighted by atomic mass is 9.97. The van der Waals surface area contributed by atoms with Crippen LogP contribution in [-0.2, 0) is 6.42 Å². The molecule has 0 unspecified atom stereocenters. The van der Waals surface area contributed by atoms with E-state index in [9.17, 15) is 5.11 Å². The van der Waals surface area contributed by atoms with Gasteiger partial charge in [0.1, 0.15) is 5.75 Å². The Kier molecular flexibility index (Phi) is 4.85. The number of rotatable bonds is 3. The Morgan fingerprint density at radius 1 is 1.25 bits per heavy atom. The average molecular weight is 220 g/mol. The summed E-state index contributed by atoms with van der Waals surface area (Å²) in [4.78, 5) is 0. The van der Waals surface area contributed by atoms with Crippen molar-refractivity contribution in [2.45, 2.75) is 52.9 Å². The Bertz CT molecular complexity index is 324. The van der Waals surface area contributed by atoms with Crippen molar-refractivity contribution in [3.8, 4) is 5.75 Å². The fourth-order valence-corrected chi connectivity index (χ4v) is 1.87. The van der Waals surface area contributed by atoms with Crippen molar-refractivity contribution in [2.75, 3.05) is 0 Å². The van der Waals surface area contributed by atoms with E-state index in [4.69, 9.17) is 0 Å². The van der Waals surface area contributed by atoms with Gasteiger partial charge >= 0.3 is 0 Å². The summed E-state index contributed by atoms with van der Waals surface area (Å²) < 4.78 is 0. The lowest BCUT2D eigenvalue weighted by Crippen LogP contribution is -1.94. The van der Waals surface area contributed by atoms with E-state index in [2.05, 4.69) is 26.0 Å². The Morgan fingerprint density at radius 2 is 1.88 bits per heavy atom. The van der Waals surface area contributed by atoms with E-state index in [0.29, 0.717) is 11.7 Å². The summed E-state index contributed by atoms with van der Waals surface area (Å²) in [5, 5.41) is 10.0. The zero-order chi connectivity index (χ0) is 12.1. The van der Waals surface area contributed by atoms with Gasteiger partial charge in [0.2, 0.25) is 0 Å². The van der Waals surface area contributed by atoms with Crippen molar-refractivity contribution in [3.05, 3.63) is 29.3 Å². The van der Waals surface area contributed by atoms with E-state index in [1.165, 1.54) is 12.8 Å². The molecule has 1 N–H and O–H groups in total. The fourth-order valence-electron chi connectivity index (χ4n) is 1.87. The van der Waals surface area contributed by atoms with Crippen molar-refractivity contribution in [1.29, 1.82) is 0 Å². The van der Waals surface area contributed by atoms with Gasteiger partial charge in [-0.2, -0.15) is 0 Å². The zero-order valence-electron chi connectivity index (χ0n) is 11.0. The topological polar surface area (TPSA) is 20.2 Å². The predicted octanol–water partition coefficient (Wildman–Crippen LogP) is 4.49. The van der Waals surface area contributed by atoms with Gasteiger partial charge in [-0.1, -0.05) is 45.9 Å². The molecule has 16 heavy (non-hydrogen) atoms. The standard InChI is InChI=1S/C13H18O.C2H6/c1-9(2)12-5-3-4-11(13(12)14)8-10-6-7-10;1-2/h3-5,9-10,14H,6-8H2,1-2H3;1-2H3. The molecule has 2 rings (SSSR count). The van der Waals surface area contributed by atoms with Crippen LogP contribution in [0.4, 0.5) is 0 Å². The summed E-state index contributed by atoms with van der Waals surface area (Å²) >= 11 is 0. The molecule has 0 amide bonds. The fraction of sp³-hybridized carbons (Fsp3) is 0.600. The minimum atomic E-state index is 0.411. The van der Waals surface area contributed by atoms with Crippen LogP contribution in [0, 0.1) is 5.92 Å². The molecule has 1 saturated carbocycles. The molecule has 1 nitrogen and oxygen atoms in total. The number of phenols is 1. The van der Waals surface area contributed by atoms with Gasteiger partial charge in [-0.25, -0.2) is 0 Å². The lowest BCUT2D eigenvalue weighted by Gasteiger charge is -2.11. The highest BCUT2D eigenvalue weighted by molar-refractivity contribution is 5.42. The quantitative estimate of drug-likeness (QED) is 0.795. The van der Waals surface area contributed by atoms with Crippen molar-refractivity contribution in [2.24, 2.45) is 5.92 Å². The van der Waals surface area contributed by atoms with Crippen molar-refractivity contribution in [1.82, 2.24) is 0 Å². The number of hydrogen-bond acceptors (Lipinski definition) is 1. The summed E-state index contributed by atoms with van der Waals surface area (Å²) in [5.74, 6) is 1.78. The van der Waals surface area contributed by atoms with Crippen LogP contribution < -0.4 is 0 Å². The molecule has 1 aromatic rings. The maximum absolute atomic E-state index is 10.0. The van der Waals surface area contributed by atoms with E-state index in [-0.39, 0.29) is 0 Å². The van der Waals surface area contributed by atoms with Crippen molar-refractivity contribution in [3.63, 3.8) is 0 Å². The number of benzene rings is 1. The van der Waals surface area contributed by atoms with Crippen molar-refractivity contribution < 1.29 is 5.11 Å². The second-order valence-corrected chi connectivity index (χ2v) is 4.66. The number of phenolic OH excluding ortho intramolecular Hbond substituents is 1. The van der Waals surface area contributed by atoms with E-state index in [1.807, 2.05) is 19.9 Å². The van der Waals surface area contributed by atoms with Crippen molar-refractivity contribution >= 4 is 0 Å². The Morgan fingerprint density at radius 3 is 2.38 bits per heavy atom. The first kappa shape index (κ1) is 13.1. The molecule has 90 valence electrons. The van der Waals surface area contributed by atoms with Crippen LogP contribution in [0.1, 0.15) is 57.6 Å². The second kappa shape index (κ2) is 5.93. The number of hydrogen-bond donors (Lipinski definition) is 1. The molecule has 1 aliphatic carbocycles. The van der Waals surface area contributed by atoms with Crippen LogP contribution in [0.2, 0.25) is 0 Å². The van der Waals surface area contributed by atoms with Gasteiger partial charge in [0.15, 0.2) is 0 Å². The molecule has 0 atom stereocenters. The van der Waals surface area contributed by atoms with Gasteiger partial charge in [0, 0.05) is 0 Å². The number of aromatic hydroxyl groups is 1. The molecule has 0 aliphatic heterocycles. The molecule has 1 aromatic carbocycles.